The maximum atomic E-state index is 12.7. The fourth-order valence-corrected chi connectivity index (χ4v) is 3.06. The number of rotatable bonds is 3. The summed E-state index contributed by atoms with van der Waals surface area (Å²) in [6, 6.07) is 17.0. The van der Waals surface area contributed by atoms with Gasteiger partial charge in [0.25, 0.3) is 0 Å². The van der Waals surface area contributed by atoms with Crippen LogP contribution in [0.15, 0.2) is 59.1 Å². The van der Waals surface area contributed by atoms with Crippen LogP contribution >= 0.6 is 15.9 Å². The number of nitrogens with zero attached hydrogens (tertiary/aromatic N) is 2. The van der Waals surface area contributed by atoms with E-state index in [1.807, 2.05) is 54.6 Å². The van der Waals surface area contributed by atoms with Crippen LogP contribution in [0.5, 0.6) is 0 Å². The van der Waals surface area contributed by atoms with E-state index in [4.69, 9.17) is 0 Å². The lowest BCUT2D eigenvalue weighted by molar-refractivity contribution is -0.124. The van der Waals surface area contributed by atoms with E-state index in [1.165, 1.54) is 0 Å². The largest absolute Gasteiger partial charge is 0.315 e. The molecule has 1 fully saturated rings. The molecule has 2 aromatic rings. The van der Waals surface area contributed by atoms with Crippen molar-refractivity contribution in [2.45, 2.75) is 6.42 Å². The van der Waals surface area contributed by atoms with Crippen LogP contribution in [0, 0.1) is 5.92 Å². The fraction of sp³-hybridized carbons (Fsp3) is 0.222. The standard InChI is InChI=1S/C18H17BrN2O2/c1-20(15-5-3-2-4-6-15)18(23)13-11-17(22)21(12-13)16-9-7-14(19)8-10-16/h2-10,13H,11-12H2,1H3. The van der Waals surface area contributed by atoms with Crippen LogP contribution < -0.4 is 9.80 Å². The molecule has 0 aromatic heterocycles. The van der Waals surface area contributed by atoms with Crippen molar-refractivity contribution >= 4 is 39.1 Å². The second kappa shape index (κ2) is 6.54. The smallest absolute Gasteiger partial charge is 0.232 e. The van der Waals surface area contributed by atoms with Gasteiger partial charge < -0.3 is 9.80 Å². The van der Waals surface area contributed by atoms with Crippen LogP contribution in [0.25, 0.3) is 0 Å². The average Bonchev–Trinajstić information content (AvgIpc) is 2.97. The third-order valence-electron chi connectivity index (χ3n) is 4.09. The Kier molecular flexibility index (Phi) is 4.48. The van der Waals surface area contributed by atoms with Crippen molar-refractivity contribution in [1.29, 1.82) is 0 Å². The summed E-state index contributed by atoms with van der Waals surface area (Å²) in [4.78, 5) is 28.3. The molecule has 4 nitrogen and oxygen atoms in total. The van der Waals surface area contributed by atoms with Crippen LogP contribution in [0.3, 0.4) is 0 Å². The van der Waals surface area contributed by atoms with E-state index in [0.717, 1.165) is 15.8 Å². The number of anilines is 2. The zero-order chi connectivity index (χ0) is 16.4. The van der Waals surface area contributed by atoms with Gasteiger partial charge in [0.1, 0.15) is 0 Å². The first-order valence-electron chi connectivity index (χ1n) is 7.45. The molecule has 0 radical (unpaired) electrons. The molecule has 2 amide bonds. The summed E-state index contributed by atoms with van der Waals surface area (Å²) in [5.41, 5.74) is 1.67. The third kappa shape index (κ3) is 3.29. The predicted molar refractivity (Wildman–Crippen MR) is 94.5 cm³/mol. The van der Waals surface area contributed by atoms with Crippen LogP contribution in [0.1, 0.15) is 6.42 Å². The molecule has 118 valence electrons. The molecule has 1 atom stereocenters. The van der Waals surface area contributed by atoms with Gasteiger partial charge >= 0.3 is 0 Å². The molecule has 5 heteroatoms. The number of amides is 2. The van der Waals surface area contributed by atoms with Gasteiger partial charge in [0.2, 0.25) is 11.8 Å². The number of carbonyl (C=O) groups excluding carboxylic acids is 2. The number of hydrogen-bond donors (Lipinski definition) is 0. The van der Waals surface area contributed by atoms with E-state index in [9.17, 15) is 9.59 Å². The van der Waals surface area contributed by atoms with E-state index in [2.05, 4.69) is 15.9 Å². The molecule has 1 aliphatic rings. The fourth-order valence-electron chi connectivity index (χ4n) is 2.80. The molecule has 0 spiro atoms. The van der Waals surface area contributed by atoms with E-state index in [-0.39, 0.29) is 24.2 Å². The summed E-state index contributed by atoms with van der Waals surface area (Å²) in [5.74, 6) is -0.340. The Morgan fingerprint density at radius 3 is 2.43 bits per heavy atom. The summed E-state index contributed by atoms with van der Waals surface area (Å²) in [6.07, 6.45) is 0.256. The number of benzene rings is 2. The number of hydrogen-bond acceptors (Lipinski definition) is 2. The lowest BCUT2D eigenvalue weighted by Gasteiger charge is -2.21. The van der Waals surface area contributed by atoms with Crippen LogP contribution in [-0.4, -0.2) is 25.4 Å². The Bertz CT molecular complexity index is 716. The first kappa shape index (κ1) is 15.7. The van der Waals surface area contributed by atoms with Gasteiger partial charge in [-0.1, -0.05) is 34.1 Å². The third-order valence-corrected chi connectivity index (χ3v) is 4.62. The highest BCUT2D eigenvalue weighted by Crippen LogP contribution is 2.28. The Balaban J connectivity index is 1.74. The minimum atomic E-state index is -0.309. The minimum absolute atomic E-state index is 0.00728. The molecule has 1 saturated heterocycles. The van der Waals surface area contributed by atoms with Gasteiger partial charge in [-0.3, -0.25) is 9.59 Å². The zero-order valence-corrected chi connectivity index (χ0v) is 14.4. The van der Waals surface area contributed by atoms with Gasteiger partial charge in [-0.05, 0) is 36.4 Å². The van der Waals surface area contributed by atoms with Crippen molar-refractivity contribution in [1.82, 2.24) is 0 Å². The molecule has 3 rings (SSSR count). The number of carbonyl (C=O) groups is 2. The van der Waals surface area contributed by atoms with Crippen molar-refractivity contribution in [2.24, 2.45) is 5.92 Å². The number of halogens is 1. The van der Waals surface area contributed by atoms with Gasteiger partial charge in [0.05, 0.1) is 5.92 Å². The summed E-state index contributed by atoms with van der Waals surface area (Å²) in [6.45, 7) is 0.427. The lowest BCUT2D eigenvalue weighted by atomic mass is 10.1. The van der Waals surface area contributed by atoms with Gasteiger partial charge in [0.15, 0.2) is 0 Å². The highest BCUT2D eigenvalue weighted by atomic mass is 79.9. The Hall–Kier alpha value is -2.14. The van der Waals surface area contributed by atoms with Gasteiger partial charge in [-0.25, -0.2) is 0 Å². The molecule has 0 aliphatic carbocycles. The summed E-state index contributed by atoms with van der Waals surface area (Å²) >= 11 is 3.38. The molecule has 23 heavy (non-hydrogen) atoms. The summed E-state index contributed by atoms with van der Waals surface area (Å²) < 4.78 is 0.962. The molecule has 0 N–H and O–H groups in total. The van der Waals surface area contributed by atoms with E-state index >= 15 is 0 Å². The van der Waals surface area contributed by atoms with E-state index in [0.29, 0.717) is 6.54 Å². The minimum Gasteiger partial charge on any atom is -0.315 e. The highest BCUT2D eigenvalue weighted by molar-refractivity contribution is 9.10. The maximum Gasteiger partial charge on any atom is 0.232 e. The average molecular weight is 373 g/mol. The molecule has 1 aliphatic heterocycles. The second-order valence-corrected chi connectivity index (χ2v) is 6.53. The maximum absolute atomic E-state index is 12.7. The summed E-state index contributed by atoms with van der Waals surface area (Å²) in [7, 11) is 1.75. The quantitative estimate of drug-likeness (QED) is 0.827. The Morgan fingerprint density at radius 2 is 1.78 bits per heavy atom. The van der Waals surface area contributed by atoms with E-state index < -0.39 is 0 Å². The first-order chi connectivity index (χ1) is 11.1. The Morgan fingerprint density at radius 1 is 1.13 bits per heavy atom. The van der Waals surface area contributed by atoms with Crippen molar-refractivity contribution < 1.29 is 9.59 Å². The molecule has 1 unspecified atom stereocenters. The van der Waals surface area contributed by atoms with Gasteiger partial charge in [0, 0.05) is 35.9 Å². The van der Waals surface area contributed by atoms with Crippen molar-refractivity contribution in [3.63, 3.8) is 0 Å². The zero-order valence-electron chi connectivity index (χ0n) is 12.8. The lowest BCUT2D eigenvalue weighted by Crippen LogP contribution is -2.34. The SMILES string of the molecule is CN(C(=O)C1CC(=O)N(c2ccc(Br)cc2)C1)c1ccccc1. The topological polar surface area (TPSA) is 40.6 Å². The van der Waals surface area contributed by atoms with Crippen molar-refractivity contribution in [3.05, 3.63) is 59.1 Å². The van der Waals surface area contributed by atoms with Crippen molar-refractivity contribution in [2.75, 3.05) is 23.4 Å². The molecular weight excluding hydrogens is 356 g/mol. The molecule has 2 aromatic carbocycles. The van der Waals surface area contributed by atoms with Gasteiger partial charge in [-0.2, -0.15) is 0 Å². The van der Waals surface area contributed by atoms with Gasteiger partial charge in [-0.15, -0.1) is 0 Å². The molecular formula is C18H17BrN2O2. The second-order valence-electron chi connectivity index (χ2n) is 5.61. The van der Waals surface area contributed by atoms with Crippen LogP contribution in [0.4, 0.5) is 11.4 Å². The number of para-hydroxylation sites is 1. The van der Waals surface area contributed by atoms with Crippen molar-refractivity contribution in [3.8, 4) is 0 Å². The molecule has 0 saturated carbocycles. The monoisotopic (exact) mass is 372 g/mol. The summed E-state index contributed by atoms with van der Waals surface area (Å²) in [5, 5.41) is 0. The normalized spacial score (nSPS) is 17.4. The first-order valence-corrected chi connectivity index (χ1v) is 8.24. The van der Waals surface area contributed by atoms with Crippen LogP contribution in [-0.2, 0) is 9.59 Å². The predicted octanol–water partition coefficient (Wildman–Crippen LogP) is 3.47. The highest BCUT2D eigenvalue weighted by Gasteiger charge is 2.36. The van der Waals surface area contributed by atoms with Crippen LogP contribution in [0.2, 0.25) is 0 Å². The Labute approximate surface area is 143 Å². The molecule has 0 bridgehead atoms. The molecule has 1 heterocycles. The van der Waals surface area contributed by atoms with E-state index in [1.54, 1.807) is 16.8 Å².